The smallest absolute Gasteiger partial charge is 0.325 e. The Bertz CT molecular complexity index is 503. The number of anilines is 1. The van der Waals surface area contributed by atoms with Crippen LogP contribution in [-0.4, -0.2) is 36.0 Å². The van der Waals surface area contributed by atoms with Gasteiger partial charge in [0.25, 0.3) is 5.91 Å². The molecule has 0 aliphatic carbocycles. The highest BCUT2D eigenvalue weighted by molar-refractivity contribution is 6.33. The fourth-order valence-corrected chi connectivity index (χ4v) is 1.84. The maximum atomic E-state index is 12.4. The Morgan fingerprint density at radius 1 is 1.40 bits per heavy atom. The molecule has 0 aliphatic rings. The van der Waals surface area contributed by atoms with Gasteiger partial charge in [-0.25, -0.2) is 0 Å². The first-order chi connectivity index (χ1) is 9.36. The third-order valence-electron chi connectivity index (χ3n) is 2.74. The van der Waals surface area contributed by atoms with Crippen molar-refractivity contribution in [1.82, 2.24) is 4.90 Å². The molecule has 2 N–H and O–H groups in total. The number of nitrogens with two attached hydrogens (primary N) is 1. The molecule has 1 amide bonds. The first-order valence-corrected chi connectivity index (χ1v) is 6.76. The third kappa shape index (κ3) is 4.13. The lowest BCUT2D eigenvalue weighted by Gasteiger charge is -2.25. The number of rotatable bonds is 5. The molecule has 1 aromatic rings. The molecule has 0 fully saturated rings. The van der Waals surface area contributed by atoms with Crippen molar-refractivity contribution >= 4 is 29.2 Å². The van der Waals surface area contributed by atoms with Crippen LogP contribution in [0.2, 0.25) is 5.02 Å². The van der Waals surface area contributed by atoms with Crippen molar-refractivity contribution in [2.45, 2.75) is 26.8 Å². The Hall–Kier alpha value is -1.75. The first kappa shape index (κ1) is 16.3. The van der Waals surface area contributed by atoms with E-state index in [9.17, 15) is 9.59 Å². The maximum absolute atomic E-state index is 12.4. The minimum atomic E-state index is -0.434. The van der Waals surface area contributed by atoms with Gasteiger partial charge in [0.1, 0.15) is 6.54 Å². The molecule has 20 heavy (non-hydrogen) atoms. The number of carbonyl (C=O) groups excluding carboxylic acids is 2. The lowest BCUT2D eigenvalue weighted by molar-refractivity contribution is -0.144. The molecule has 0 aliphatic heterocycles. The van der Waals surface area contributed by atoms with Crippen LogP contribution in [0.1, 0.15) is 31.1 Å². The molecule has 0 atom stereocenters. The third-order valence-corrected chi connectivity index (χ3v) is 3.06. The van der Waals surface area contributed by atoms with Gasteiger partial charge >= 0.3 is 5.97 Å². The monoisotopic (exact) mass is 298 g/mol. The summed E-state index contributed by atoms with van der Waals surface area (Å²) in [6.07, 6.45) is 0. The van der Waals surface area contributed by atoms with Crippen LogP contribution in [0.15, 0.2) is 18.2 Å². The summed E-state index contributed by atoms with van der Waals surface area (Å²) >= 11 is 5.91. The highest BCUT2D eigenvalue weighted by Gasteiger charge is 2.22. The standard InChI is InChI=1S/C14H19ClN2O3/c1-4-20-13(18)8-17(9(2)3)14(19)10-5-6-12(16)11(15)7-10/h5-7,9H,4,8,16H2,1-3H3. The van der Waals surface area contributed by atoms with E-state index in [1.807, 2.05) is 13.8 Å². The molecule has 0 heterocycles. The molecule has 6 heteroatoms. The van der Waals surface area contributed by atoms with E-state index < -0.39 is 5.97 Å². The van der Waals surface area contributed by atoms with Gasteiger partial charge in [-0.3, -0.25) is 9.59 Å². The van der Waals surface area contributed by atoms with Gasteiger partial charge in [-0.05, 0) is 39.0 Å². The summed E-state index contributed by atoms with van der Waals surface area (Å²) in [5, 5.41) is 0.315. The van der Waals surface area contributed by atoms with Crippen LogP contribution in [0.3, 0.4) is 0 Å². The predicted octanol–water partition coefficient (Wildman–Crippen LogP) is 2.34. The molecule has 0 saturated heterocycles. The second-order valence-electron chi connectivity index (χ2n) is 4.57. The van der Waals surface area contributed by atoms with E-state index in [-0.39, 0.29) is 25.1 Å². The Balaban J connectivity index is 2.93. The molecule has 1 aromatic carbocycles. The summed E-state index contributed by atoms with van der Waals surface area (Å²) in [4.78, 5) is 25.4. The molecule has 110 valence electrons. The second-order valence-corrected chi connectivity index (χ2v) is 4.98. The number of halogens is 1. The van der Waals surface area contributed by atoms with Gasteiger partial charge in [0.05, 0.1) is 17.3 Å². The van der Waals surface area contributed by atoms with Crippen LogP contribution >= 0.6 is 11.6 Å². The largest absolute Gasteiger partial charge is 0.465 e. The van der Waals surface area contributed by atoms with Crippen molar-refractivity contribution < 1.29 is 14.3 Å². The number of carbonyl (C=O) groups is 2. The van der Waals surface area contributed by atoms with Crippen LogP contribution < -0.4 is 5.73 Å². The summed E-state index contributed by atoms with van der Waals surface area (Å²) in [6.45, 7) is 5.57. The van der Waals surface area contributed by atoms with E-state index in [1.54, 1.807) is 19.1 Å². The molecule has 1 rings (SSSR count). The summed E-state index contributed by atoms with van der Waals surface area (Å²) in [5.41, 5.74) is 6.41. The molecule has 0 spiro atoms. The zero-order valence-electron chi connectivity index (χ0n) is 11.9. The SMILES string of the molecule is CCOC(=O)CN(C(=O)c1ccc(N)c(Cl)c1)C(C)C. The average Bonchev–Trinajstić information content (AvgIpc) is 2.38. The Morgan fingerprint density at radius 2 is 2.05 bits per heavy atom. The fourth-order valence-electron chi connectivity index (χ4n) is 1.66. The topological polar surface area (TPSA) is 72.6 Å². The van der Waals surface area contributed by atoms with E-state index >= 15 is 0 Å². The van der Waals surface area contributed by atoms with Gasteiger partial charge in [0.2, 0.25) is 0 Å². The van der Waals surface area contributed by atoms with E-state index in [4.69, 9.17) is 22.1 Å². The van der Waals surface area contributed by atoms with Crippen LogP contribution in [0.4, 0.5) is 5.69 Å². The summed E-state index contributed by atoms with van der Waals surface area (Å²) in [7, 11) is 0. The van der Waals surface area contributed by atoms with Crippen molar-refractivity contribution in [3.05, 3.63) is 28.8 Å². The van der Waals surface area contributed by atoms with Gasteiger partial charge in [-0.2, -0.15) is 0 Å². The molecule has 0 radical (unpaired) electrons. The summed E-state index contributed by atoms with van der Waals surface area (Å²) < 4.78 is 4.87. The maximum Gasteiger partial charge on any atom is 0.325 e. The number of esters is 1. The molecule has 0 bridgehead atoms. The number of hydrogen-bond acceptors (Lipinski definition) is 4. The lowest BCUT2D eigenvalue weighted by atomic mass is 10.1. The Kier molecular flexibility index (Phi) is 5.82. The predicted molar refractivity (Wildman–Crippen MR) is 78.7 cm³/mol. The van der Waals surface area contributed by atoms with Crippen molar-refractivity contribution in [3.8, 4) is 0 Å². The van der Waals surface area contributed by atoms with Crippen LogP contribution in [-0.2, 0) is 9.53 Å². The molecule has 0 saturated carbocycles. The van der Waals surface area contributed by atoms with Crippen molar-refractivity contribution in [2.75, 3.05) is 18.9 Å². The molecule has 0 unspecified atom stereocenters. The number of ether oxygens (including phenoxy) is 1. The lowest BCUT2D eigenvalue weighted by Crippen LogP contribution is -2.41. The van der Waals surface area contributed by atoms with E-state index in [1.165, 1.54) is 11.0 Å². The van der Waals surface area contributed by atoms with Gasteiger partial charge in [-0.1, -0.05) is 11.6 Å². The van der Waals surface area contributed by atoms with Gasteiger partial charge < -0.3 is 15.4 Å². The summed E-state index contributed by atoms with van der Waals surface area (Å²) in [5.74, 6) is -0.717. The van der Waals surface area contributed by atoms with E-state index in [0.29, 0.717) is 16.3 Å². The Morgan fingerprint density at radius 3 is 2.55 bits per heavy atom. The molecule has 0 aromatic heterocycles. The van der Waals surface area contributed by atoms with E-state index in [2.05, 4.69) is 0 Å². The number of hydrogen-bond donors (Lipinski definition) is 1. The molecule has 5 nitrogen and oxygen atoms in total. The number of amides is 1. The zero-order valence-corrected chi connectivity index (χ0v) is 12.6. The van der Waals surface area contributed by atoms with Gasteiger partial charge in [0.15, 0.2) is 0 Å². The quantitative estimate of drug-likeness (QED) is 0.669. The second kappa shape index (κ2) is 7.14. The number of nitrogens with zero attached hydrogens (tertiary/aromatic N) is 1. The van der Waals surface area contributed by atoms with Crippen molar-refractivity contribution in [3.63, 3.8) is 0 Å². The summed E-state index contributed by atoms with van der Waals surface area (Å²) in [6, 6.07) is 4.52. The number of nitrogen functional groups attached to an aromatic ring is 1. The first-order valence-electron chi connectivity index (χ1n) is 6.38. The highest BCUT2D eigenvalue weighted by Crippen LogP contribution is 2.21. The number of benzene rings is 1. The Labute approximate surface area is 123 Å². The minimum absolute atomic E-state index is 0.0909. The van der Waals surface area contributed by atoms with Crippen LogP contribution in [0.5, 0.6) is 0 Å². The van der Waals surface area contributed by atoms with Crippen LogP contribution in [0, 0.1) is 0 Å². The molecular formula is C14H19ClN2O3. The minimum Gasteiger partial charge on any atom is -0.465 e. The van der Waals surface area contributed by atoms with Gasteiger partial charge in [-0.15, -0.1) is 0 Å². The van der Waals surface area contributed by atoms with Gasteiger partial charge in [0, 0.05) is 11.6 Å². The highest BCUT2D eigenvalue weighted by atomic mass is 35.5. The zero-order chi connectivity index (χ0) is 15.3. The molecular weight excluding hydrogens is 280 g/mol. The fraction of sp³-hybridized carbons (Fsp3) is 0.429. The van der Waals surface area contributed by atoms with E-state index in [0.717, 1.165) is 0 Å². The van der Waals surface area contributed by atoms with Crippen molar-refractivity contribution in [2.24, 2.45) is 0 Å². The van der Waals surface area contributed by atoms with Crippen molar-refractivity contribution in [1.29, 1.82) is 0 Å². The van der Waals surface area contributed by atoms with Crippen LogP contribution in [0.25, 0.3) is 0 Å². The normalized spacial score (nSPS) is 10.4. The average molecular weight is 299 g/mol.